The predicted molar refractivity (Wildman–Crippen MR) is 65.1 cm³/mol. The van der Waals surface area contributed by atoms with Gasteiger partial charge < -0.3 is 9.73 Å². The molecule has 18 heavy (non-hydrogen) atoms. The van der Waals surface area contributed by atoms with Crippen LogP contribution in [0.3, 0.4) is 0 Å². The molecule has 0 bridgehead atoms. The lowest BCUT2D eigenvalue weighted by atomic mass is 9.93. The summed E-state index contributed by atoms with van der Waals surface area (Å²) in [5, 5.41) is 7.30. The molecular formula is C13H15N3O2. The van der Waals surface area contributed by atoms with Crippen LogP contribution in [0.4, 0.5) is 0 Å². The first-order valence-corrected chi connectivity index (χ1v) is 6.09. The van der Waals surface area contributed by atoms with Crippen molar-refractivity contribution in [2.75, 3.05) is 0 Å². The lowest BCUT2D eigenvalue weighted by Gasteiger charge is -2.23. The molecule has 0 aromatic carbocycles. The Morgan fingerprint density at radius 1 is 1.61 bits per heavy atom. The average molecular weight is 245 g/mol. The van der Waals surface area contributed by atoms with Gasteiger partial charge >= 0.3 is 0 Å². The Morgan fingerprint density at radius 2 is 2.50 bits per heavy atom. The van der Waals surface area contributed by atoms with Gasteiger partial charge in [0.2, 0.25) is 0 Å². The van der Waals surface area contributed by atoms with Crippen molar-refractivity contribution in [1.29, 1.82) is 0 Å². The van der Waals surface area contributed by atoms with Crippen molar-refractivity contribution in [1.82, 2.24) is 15.1 Å². The fourth-order valence-corrected chi connectivity index (χ4v) is 2.49. The Balaban J connectivity index is 1.80. The molecule has 5 nitrogen and oxygen atoms in total. The van der Waals surface area contributed by atoms with E-state index in [2.05, 4.69) is 10.4 Å². The normalized spacial score (nSPS) is 18.4. The van der Waals surface area contributed by atoms with E-state index in [0.717, 1.165) is 24.8 Å². The molecule has 1 unspecified atom stereocenters. The van der Waals surface area contributed by atoms with Crippen LogP contribution in [-0.4, -0.2) is 15.7 Å². The number of carbonyl (C=O) groups excluding carboxylic acids is 1. The van der Waals surface area contributed by atoms with E-state index in [9.17, 15) is 4.79 Å². The monoisotopic (exact) mass is 245 g/mol. The average Bonchev–Trinajstić information content (AvgIpc) is 3.00. The lowest BCUT2D eigenvalue weighted by molar-refractivity contribution is 0.0932. The van der Waals surface area contributed by atoms with Crippen LogP contribution in [0.15, 0.2) is 29.2 Å². The second kappa shape index (κ2) is 4.33. The molecule has 0 aliphatic heterocycles. The molecule has 0 spiro atoms. The molecule has 0 saturated carbocycles. The molecule has 2 aromatic heterocycles. The highest BCUT2D eigenvalue weighted by Crippen LogP contribution is 2.29. The zero-order valence-electron chi connectivity index (χ0n) is 10.2. The summed E-state index contributed by atoms with van der Waals surface area (Å²) in [6.07, 6.45) is 7.89. The third kappa shape index (κ3) is 1.81. The Kier molecular flexibility index (Phi) is 2.66. The van der Waals surface area contributed by atoms with Crippen molar-refractivity contribution in [3.05, 3.63) is 41.6 Å². The van der Waals surface area contributed by atoms with Crippen LogP contribution >= 0.6 is 0 Å². The highest BCUT2D eigenvalue weighted by atomic mass is 16.3. The summed E-state index contributed by atoms with van der Waals surface area (Å²) in [6.45, 7) is 0. The van der Waals surface area contributed by atoms with E-state index in [1.165, 1.54) is 18.2 Å². The highest BCUT2D eigenvalue weighted by molar-refractivity contribution is 5.94. The number of nitrogens with one attached hydrogen (secondary N) is 1. The molecule has 0 fully saturated rings. The fourth-order valence-electron chi connectivity index (χ4n) is 2.49. The number of hydrogen-bond donors (Lipinski definition) is 1. The first kappa shape index (κ1) is 11.1. The van der Waals surface area contributed by atoms with Crippen LogP contribution in [0.1, 0.15) is 40.5 Å². The highest BCUT2D eigenvalue weighted by Gasteiger charge is 2.25. The summed E-state index contributed by atoms with van der Waals surface area (Å²) in [6, 6.07) is 1.73. The largest absolute Gasteiger partial charge is 0.472 e. The summed E-state index contributed by atoms with van der Waals surface area (Å²) in [4.78, 5) is 12.0. The topological polar surface area (TPSA) is 60.1 Å². The minimum absolute atomic E-state index is 0.0600. The first-order valence-electron chi connectivity index (χ1n) is 6.09. The second-order valence-corrected chi connectivity index (χ2v) is 4.60. The Labute approximate surface area is 105 Å². The number of aromatic nitrogens is 2. The van der Waals surface area contributed by atoms with E-state index in [1.807, 2.05) is 17.9 Å². The van der Waals surface area contributed by atoms with E-state index in [1.54, 1.807) is 6.07 Å². The molecule has 94 valence electrons. The zero-order valence-corrected chi connectivity index (χ0v) is 10.2. The number of hydrogen-bond acceptors (Lipinski definition) is 3. The predicted octanol–water partition coefficient (Wildman–Crippen LogP) is 1.82. The number of furan rings is 1. The Bertz CT molecular complexity index is 557. The minimum Gasteiger partial charge on any atom is -0.472 e. The standard InChI is InChI=1S/C13H15N3O2/c1-16-12-4-2-3-11(10(12)7-14-16)15-13(17)9-5-6-18-8-9/h5-8,11H,2-4H2,1H3,(H,15,17). The minimum atomic E-state index is -0.0922. The second-order valence-electron chi connectivity index (χ2n) is 4.60. The zero-order chi connectivity index (χ0) is 12.5. The summed E-state index contributed by atoms with van der Waals surface area (Å²) >= 11 is 0. The van der Waals surface area contributed by atoms with Gasteiger partial charge in [0.15, 0.2) is 0 Å². The van der Waals surface area contributed by atoms with Gasteiger partial charge in [-0.25, -0.2) is 0 Å². The van der Waals surface area contributed by atoms with E-state index in [-0.39, 0.29) is 11.9 Å². The SMILES string of the molecule is Cn1ncc2c1CCCC2NC(=O)c1ccoc1. The van der Waals surface area contributed by atoms with Crippen LogP contribution in [0.25, 0.3) is 0 Å². The van der Waals surface area contributed by atoms with Gasteiger partial charge in [0.1, 0.15) is 6.26 Å². The van der Waals surface area contributed by atoms with Gasteiger partial charge in [-0.1, -0.05) is 0 Å². The third-order valence-corrected chi connectivity index (χ3v) is 3.46. The van der Waals surface area contributed by atoms with E-state index in [4.69, 9.17) is 4.42 Å². The van der Waals surface area contributed by atoms with Crippen LogP contribution < -0.4 is 5.32 Å². The number of fused-ring (bicyclic) bond motifs is 1. The molecule has 2 aromatic rings. The molecule has 3 rings (SSSR count). The first-order chi connectivity index (χ1) is 8.75. The van der Waals surface area contributed by atoms with Gasteiger partial charge in [-0.2, -0.15) is 5.10 Å². The van der Waals surface area contributed by atoms with Gasteiger partial charge in [0, 0.05) is 18.3 Å². The maximum atomic E-state index is 12.0. The van der Waals surface area contributed by atoms with Crippen LogP contribution in [0, 0.1) is 0 Å². The molecule has 1 N–H and O–H groups in total. The molecule has 5 heteroatoms. The van der Waals surface area contributed by atoms with E-state index >= 15 is 0 Å². The number of carbonyl (C=O) groups is 1. The molecule has 1 atom stereocenters. The van der Waals surface area contributed by atoms with Crippen LogP contribution in [0.5, 0.6) is 0 Å². The molecule has 0 saturated heterocycles. The lowest BCUT2D eigenvalue weighted by Crippen LogP contribution is -2.30. The molecule has 2 heterocycles. The van der Waals surface area contributed by atoms with Gasteiger partial charge in [-0.05, 0) is 25.3 Å². The number of rotatable bonds is 2. The summed E-state index contributed by atoms with van der Waals surface area (Å²) in [5.74, 6) is -0.0922. The molecular weight excluding hydrogens is 230 g/mol. The number of amides is 1. The Hall–Kier alpha value is -2.04. The molecule has 0 radical (unpaired) electrons. The molecule has 1 amide bonds. The van der Waals surface area contributed by atoms with Crippen molar-refractivity contribution < 1.29 is 9.21 Å². The number of aryl methyl sites for hydroxylation is 1. The van der Waals surface area contributed by atoms with Gasteiger partial charge in [-0.3, -0.25) is 9.48 Å². The van der Waals surface area contributed by atoms with Crippen LogP contribution in [0.2, 0.25) is 0 Å². The van der Waals surface area contributed by atoms with Crippen molar-refractivity contribution in [3.63, 3.8) is 0 Å². The molecule has 1 aliphatic rings. The van der Waals surface area contributed by atoms with Crippen molar-refractivity contribution >= 4 is 5.91 Å². The maximum absolute atomic E-state index is 12.0. The summed E-state index contributed by atoms with van der Waals surface area (Å²) in [5.41, 5.74) is 2.92. The van der Waals surface area contributed by atoms with E-state index < -0.39 is 0 Å². The van der Waals surface area contributed by atoms with Gasteiger partial charge in [-0.15, -0.1) is 0 Å². The van der Waals surface area contributed by atoms with Crippen LogP contribution in [-0.2, 0) is 13.5 Å². The quantitative estimate of drug-likeness (QED) is 0.878. The smallest absolute Gasteiger partial charge is 0.255 e. The van der Waals surface area contributed by atoms with E-state index in [0.29, 0.717) is 5.56 Å². The summed E-state index contributed by atoms with van der Waals surface area (Å²) in [7, 11) is 1.94. The Morgan fingerprint density at radius 3 is 3.28 bits per heavy atom. The van der Waals surface area contributed by atoms with Crippen molar-refractivity contribution in [3.8, 4) is 0 Å². The van der Waals surface area contributed by atoms with Gasteiger partial charge in [0.05, 0.1) is 24.1 Å². The van der Waals surface area contributed by atoms with Crippen molar-refractivity contribution in [2.24, 2.45) is 7.05 Å². The van der Waals surface area contributed by atoms with Crippen molar-refractivity contribution in [2.45, 2.75) is 25.3 Å². The number of nitrogens with zero attached hydrogens (tertiary/aromatic N) is 2. The molecule has 1 aliphatic carbocycles. The summed E-state index contributed by atoms with van der Waals surface area (Å²) < 4.78 is 6.82. The third-order valence-electron chi connectivity index (χ3n) is 3.46. The van der Waals surface area contributed by atoms with Gasteiger partial charge in [0.25, 0.3) is 5.91 Å². The maximum Gasteiger partial charge on any atom is 0.255 e. The fraction of sp³-hybridized carbons (Fsp3) is 0.385.